The number of pyridine rings is 1. The summed E-state index contributed by atoms with van der Waals surface area (Å²) in [5.74, 6) is -2.34. The second kappa shape index (κ2) is 9.64. The van der Waals surface area contributed by atoms with E-state index in [0.717, 1.165) is 24.5 Å². The molecule has 6 nitrogen and oxygen atoms in total. The van der Waals surface area contributed by atoms with Gasteiger partial charge in [-0.1, -0.05) is 6.07 Å². The number of carbonyl (C=O) groups excluding carboxylic acids is 1. The van der Waals surface area contributed by atoms with Gasteiger partial charge in [-0.05, 0) is 18.6 Å². The van der Waals surface area contributed by atoms with Gasteiger partial charge in [0.15, 0.2) is 0 Å². The van der Waals surface area contributed by atoms with Gasteiger partial charge in [0.1, 0.15) is 5.82 Å². The quantitative estimate of drug-likeness (QED) is 0.788. The van der Waals surface area contributed by atoms with Crippen molar-refractivity contribution in [3.8, 4) is 0 Å². The van der Waals surface area contributed by atoms with Crippen LogP contribution in [0, 0.1) is 0 Å². The largest absolute Gasteiger partial charge is 0.375 e. The van der Waals surface area contributed by atoms with E-state index in [1.165, 1.54) is 0 Å². The van der Waals surface area contributed by atoms with Crippen LogP contribution in [0.15, 0.2) is 18.3 Å². The fraction of sp³-hybridized carbons (Fsp3) is 0.625. The molecule has 2 aliphatic rings. The summed E-state index contributed by atoms with van der Waals surface area (Å²) >= 11 is 0. The zero-order valence-corrected chi connectivity index (χ0v) is 16.0. The first-order valence-corrected chi connectivity index (χ1v) is 8.13. The minimum Gasteiger partial charge on any atom is -0.375 e. The van der Waals surface area contributed by atoms with Crippen LogP contribution in [-0.4, -0.2) is 55.2 Å². The smallest absolute Gasteiger partial charge is 0.262 e. The first kappa shape index (κ1) is 22.8. The molecule has 2 N–H and O–H groups in total. The number of halogens is 4. The average Bonchev–Trinajstić information content (AvgIpc) is 2.93. The van der Waals surface area contributed by atoms with Gasteiger partial charge in [-0.15, -0.1) is 24.8 Å². The van der Waals surface area contributed by atoms with E-state index < -0.39 is 30.8 Å². The Balaban J connectivity index is 0.00000169. The van der Waals surface area contributed by atoms with Crippen molar-refractivity contribution in [2.75, 3.05) is 31.1 Å². The van der Waals surface area contributed by atoms with Crippen molar-refractivity contribution in [3.05, 3.63) is 23.9 Å². The Labute approximate surface area is 163 Å². The van der Waals surface area contributed by atoms with E-state index >= 15 is 0 Å². The normalized spacial score (nSPS) is 24.3. The zero-order valence-electron chi connectivity index (χ0n) is 14.4. The van der Waals surface area contributed by atoms with E-state index in [9.17, 15) is 13.6 Å². The van der Waals surface area contributed by atoms with Crippen molar-refractivity contribution >= 4 is 36.5 Å². The molecule has 0 bridgehead atoms. The summed E-state index contributed by atoms with van der Waals surface area (Å²) in [5, 5.41) is 5.22. The Hall–Kier alpha value is -1.22. The Morgan fingerprint density at radius 2 is 2.23 bits per heavy atom. The van der Waals surface area contributed by atoms with Crippen LogP contribution in [0.4, 0.5) is 14.6 Å². The SMILES string of the molecule is CC1CN(c2ccc(CNC(=O)C3CC(F)(F)CN3)cn2)CCO1.Cl.Cl. The zero-order chi connectivity index (χ0) is 17.2. The Bertz CT molecular complexity index is 592. The number of amides is 1. The third-order valence-electron chi connectivity index (χ3n) is 4.27. The molecule has 0 aromatic carbocycles. The van der Waals surface area contributed by atoms with Crippen LogP contribution >= 0.6 is 24.8 Å². The molecule has 0 radical (unpaired) electrons. The first-order chi connectivity index (χ1) is 11.4. The van der Waals surface area contributed by atoms with Crippen molar-refractivity contribution in [2.24, 2.45) is 0 Å². The number of aromatic nitrogens is 1. The van der Waals surface area contributed by atoms with Crippen molar-refractivity contribution in [3.63, 3.8) is 0 Å². The number of ether oxygens (including phenoxy) is 1. The standard InChI is InChI=1S/C16H22F2N4O2.2ClH/c1-11-9-22(4-5-24-11)14-3-2-12(7-19-14)8-20-15(23)13-6-16(17,18)10-21-13;;/h2-3,7,11,13,21H,4-6,8-10H2,1H3,(H,20,23);2*1H. The topological polar surface area (TPSA) is 66.5 Å². The Morgan fingerprint density at radius 3 is 2.81 bits per heavy atom. The van der Waals surface area contributed by atoms with Crippen LogP contribution < -0.4 is 15.5 Å². The molecule has 0 spiro atoms. The van der Waals surface area contributed by atoms with Gasteiger partial charge in [0.05, 0.1) is 25.3 Å². The molecule has 0 saturated carbocycles. The lowest BCUT2D eigenvalue weighted by Crippen LogP contribution is -2.41. The minimum atomic E-state index is -2.81. The van der Waals surface area contributed by atoms with Crippen LogP contribution in [0.1, 0.15) is 18.9 Å². The summed E-state index contributed by atoms with van der Waals surface area (Å²) in [6.07, 6.45) is 1.43. The predicted octanol–water partition coefficient (Wildman–Crippen LogP) is 1.76. The van der Waals surface area contributed by atoms with Gasteiger partial charge in [-0.25, -0.2) is 13.8 Å². The fourth-order valence-electron chi connectivity index (χ4n) is 2.95. The Morgan fingerprint density at radius 1 is 1.46 bits per heavy atom. The summed E-state index contributed by atoms with van der Waals surface area (Å²) < 4.78 is 31.7. The third-order valence-corrected chi connectivity index (χ3v) is 4.27. The molecular formula is C16H24Cl2F2N4O2. The number of rotatable bonds is 4. The van der Waals surface area contributed by atoms with Gasteiger partial charge in [0.25, 0.3) is 5.92 Å². The molecule has 0 aliphatic carbocycles. The van der Waals surface area contributed by atoms with Gasteiger partial charge in [0.2, 0.25) is 5.91 Å². The number of nitrogens with zero attached hydrogens (tertiary/aromatic N) is 2. The van der Waals surface area contributed by atoms with E-state index in [1.54, 1.807) is 6.20 Å². The van der Waals surface area contributed by atoms with E-state index in [4.69, 9.17) is 4.74 Å². The highest BCUT2D eigenvalue weighted by molar-refractivity contribution is 5.85. The fourth-order valence-corrected chi connectivity index (χ4v) is 2.95. The van der Waals surface area contributed by atoms with Gasteiger partial charge in [-0.2, -0.15) is 0 Å². The van der Waals surface area contributed by atoms with E-state index in [2.05, 4.69) is 20.5 Å². The summed E-state index contributed by atoms with van der Waals surface area (Å²) in [4.78, 5) is 18.5. The number of hydrogen-bond donors (Lipinski definition) is 2. The molecule has 1 aromatic heterocycles. The summed E-state index contributed by atoms with van der Waals surface area (Å²) in [6.45, 7) is 4.13. The molecule has 148 valence electrons. The Kier molecular flexibility index (Phi) is 8.46. The van der Waals surface area contributed by atoms with Crippen LogP contribution in [0.5, 0.6) is 0 Å². The van der Waals surface area contributed by atoms with Crippen LogP contribution in [-0.2, 0) is 16.1 Å². The molecule has 3 heterocycles. The number of nitrogens with one attached hydrogen (secondary N) is 2. The molecular weight excluding hydrogens is 389 g/mol. The maximum atomic E-state index is 13.1. The molecule has 2 unspecified atom stereocenters. The average molecular weight is 413 g/mol. The molecule has 2 fully saturated rings. The summed E-state index contributed by atoms with van der Waals surface area (Å²) in [5.41, 5.74) is 0.832. The minimum absolute atomic E-state index is 0. The number of carbonyl (C=O) groups is 1. The molecule has 26 heavy (non-hydrogen) atoms. The predicted molar refractivity (Wildman–Crippen MR) is 99.6 cm³/mol. The monoisotopic (exact) mass is 412 g/mol. The lowest BCUT2D eigenvalue weighted by molar-refractivity contribution is -0.123. The van der Waals surface area contributed by atoms with E-state index in [-0.39, 0.29) is 37.5 Å². The molecule has 10 heteroatoms. The van der Waals surface area contributed by atoms with Gasteiger partial charge in [0, 0.05) is 32.3 Å². The van der Waals surface area contributed by atoms with Crippen molar-refractivity contribution in [1.29, 1.82) is 0 Å². The van der Waals surface area contributed by atoms with Crippen molar-refractivity contribution in [1.82, 2.24) is 15.6 Å². The van der Waals surface area contributed by atoms with E-state index in [1.807, 2.05) is 19.1 Å². The number of anilines is 1. The summed E-state index contributed by atoms with van der Waals surface area (Å²) in [6, 6.07) is 2.96. The van der Waals surface area contributed by atoms with Crippen molar-refractivity contribution in [2.45, 2.75) is 38.0 Å². The number of alkyl halides is 2. The van der Waals surface area contributed by atoms with Crippen LogP contribution in [0.3, 0.4) is 0 Å². The van der Waals surface area contributed by atoms with Crippen LogP contribution in [0.25, 0.3) is 0 Å². The second-order valence-corrected chi connectivity index (χ2v) is 6.36. The van der Waals surface area contributed by atoms with Gasteiger partial charge >= 0.3 is 0 Å². The number of morpholine rings is 1. The van der Waals surface area contributed by atoms with Crippen LogP contribution in [0.2, 0.25) is 0 Å². The van der Waals surface area contributed by atoms with Gasteiger partial charge < -0.3 is 15.0 Å². The molecule has 2 aliphatic heterocycles. The van der Waals surface area contributed by atoms with Crippen molar-refractivity contribution < 1.29 is 18.3 Å². The molecule has 1 aromatic rings. The van der Waals surface area contributed by atoms with Gasteiger partial charge in [-0.3, -0.25) is 10.1 Å². The summed E-state index contributed by atoms with van der Waals surface area (Å²) in [7, 11) is 0. The molecule has 3 rings (SSSR count). The molecule has 1 amide bonds. The van der Waals surface area contributed by atoms with E-state index in [0.29, 0.717) is 6.61 Å². The second-order valence-electron chi connectivity index (χ2n) is 6.36. The molecule has 2 saturated heterocycles. The number of hydrogen-bond acceptors (Lipinski definition) is 5. The maximum absolute atomic E-state index is 13.1. The third kappa shape index (κ3) is 5.90. The maximum Gasteiger partial charge on any atom is 0.262 e. The highest BCUT2D eigenvalue weighted by Gasteiger charge is 2.42. The molecule has 2 atom stereocenters. The highest BCUT2D eigenvalue weighted by Crippen LogP contribution is 2.25. The first-order valence-electron chi connectivity index (χ1n) is 8.13. The highest BCUT2D eigenvalue weighted by atomic mass is 35.5. The lowest BCUT2D eigenvalue weighted by atomic mass is 10.2. The lowest BCUT2D eigenvalue weighted by Gasteiger charge is -2.32.